The molecule has 2 heterocycles. The van der Waals surface area contributed by atoms with Crippen LogP contribution < -0.4 is 10.1 Å². The SMILES string of the molecule is COc1ccc(NC(=O)N(Cc2ccco2)Cc2cccn2C)cc1. The molecule has 0 spiro atoms. The van der Waals surface area contributed by atoms with Gasteiger partial charge in [-0.05, 0) is 48.5 Å². The van der Waals surface area contributed by atoms with Crippen molar-refractivity contribution < 1.29 is 13.9 Å². The lowest BCUT2D eigenvalue weighted by Gasteiger charge is -2.22. The summed E-state index contributed by atoms with van der Waals surface area (Å²) in [5.74, 6) is 1.48. The van der Waals surface area contributed by atoms with Gasteiger partial charge in [-0.15, -0.1) is 0 Å². The van der Waals surface area contributed by atoms with Gasteiger partial charge in [0.2, 0.25) is 0 Å². The molecule has 3 rings (SSSR count). The van der Waals surface area contributed by atoms with E-state index >= 15 is 0 Å². The van der Waals surface area contributed by atoms with E-state index in [1.54, 1.807) is 18.3 Å². The number of benzene rings is 1. The van der Waals surface area contributed by atoms with Crippen molar-refractivity contribution in [3.05, 3.63) is 72.4 Å². The lowest BCUT2D eigenvalue weighted by Crippen LogP contribution is -2.34. The number of urea groups is 1. The van der Waals surface area contributed by atoms with Crippen LogP contribution in [-0.2, 0) is 20.1 Å². The number of hydrogen-bond acceptors (Lipinski definition) is 3. The monoisotopic (exact) mass is 339 g/mol. The number of aromatic nitrogens is 1. The van der Waals surface area contributed by atoms with Crippen LogP contribution in [0.1, 0.15) is 11.5 Å². The Hall–Kier alpha value is -3.15. The zero-order valence-electron chi connectivity index (χ0n) is 14.3. The minimum absolute atomic E-state index is 0.192. The summed E-state index contributed by atoms with van der Waals surface area (Å²) in [6, 6.07) is 14.7. The van der Waals surface area contributed by atoms with Crippen molar-refractivity contribution >= 4 is 11.7 Å². The summed E-state index contributed by atoms with van der Waals surface area (Å²) in [6.07, 6.45) is 3.57. The molecule has 0 aliphatic carbocycles. The summed E-state index contributed by atoms with van der Waals surface area (Å²) in [6.45, 7) is 0.867. The van der Waals surface area contributed by atoms with Crippen molar-refractivity contribution in [2.24, 2.45) is 7.05 Å². The fourth-order valence-corrected chi connectivity index (χ4v) is 2.52. The molecule has 130 valence electrons. The Bertz CT molecular complexity index is 807. The molecule has 0 atom stereocenters. The highest BCUT2D eigenvalue weighted by Crippen LogP contribution is 2.17. The quantitative estimate of drug-likeness (QED) is 0.742. The Morgan fingerprint density at radius 2 is 1.96 bits per heavy atom. The van der Waals surface area contributed by atoms with Crippen molar-refractivity contribution in [2.75, 3.05) is 12.4 Å². The summed E-state index contributed by atoms with van der Waals surface area (Å²) in [5, 5.41) is 2.92. The lowest BCUT2D eigenvalue weighted by molar-refractivity contribution is 0.200. The van der Waals surface area contributed by atoms with Crippen molar-refractivity contribution in [1.29, 1.82) is 0 Å². The van der Waals surface area contributed by atoms with E-state index in [0.717, 1.165) is 17.2 Å². The lowest BCUT2D eigenvalue weighted by atomic mass is 10.3. The summed E-state index contributed by atoms with van der Waals surface area (Å²) in [7, 11) is 3.57. The zero-order chi connectivity index (χ0) is 17.6. The van der Waals surface area contributed by atoms with E-state index in [0.29, 0.717) is 18.8 Å². The molecule has 0 saturated heterocycles. The normalized spacial score (nSPS) is 10.5. The van der Waals surface area contributed by atoms with Crippen molar-refractivity contribution in [3.63, 3.8) is 0 Å². The van der Waals surface area contributed by atoms with Gasteiger partial charge in [0.15, 0.2) is 0 Å². The molecule has 1 N–H and O–H groups in total. The van der Waals surface area contributed by atoms with E-state index in [1.807, 2.05) is 66.3 Å². The number of aryl methyl sites for hydroxylation is 1. The van der Waals surface area contributed by atoms with E-state index in [1.165, 1.54) is 0 Å². The Morgan fingerprint density at radius 1 is 1.16 bits per heavy atom. The first kappa shape index (κ1) is 16.7. The number of rotatable bonds is 6. The van der Waals surface area contributed by atoms with E-state index in [9.17, 15) is 4.79 Å². The van der Waals surface area contributed by atoms with E-state index in [-0.39, 0.29) is 6.03 Å². The standard InChI is InChI=1S/C19H21N3O3/c1-21-11-3-5-16(21)13-22(14-18-6-4-12-25-18)19(23)20-15-7-9-17(24-2)10-8-15/h3-12H,13-14H2,1-2H3,(H,20,23). The molecule has 6 nitrogen and oxygen atoms in total. The second-order valence-corrected chi connectivity index (χ2v) is 5.70. The number of nitrogens with one attached hydrogen (secondary N) is 1. The molecule has 6 heteroatoms. The van der Waals surface area contributed by atoms with Gasteiger partial charge in [-0.2, -0.15) is 0 Å². The van der Waals surface area contributed by atoms with Gasteiger partial charge in [0.25, 0.3) is 0 Å². The molecule has 0 aliphatic heterocycles. The van der Waals surface area contributed by atoms with Gasteiger partial charge in [0.1, 0.15) is 11.5 Å². The van der Waals surface area contributed by atoms with Gasteiger partial charge in [0.05, 0.1) is 26.5 Å². The summed E-state index contributed by atoms with van der Waals surface area (Å²) in [4.78, 5) is 14.5. The number of carbonyl (C=O) groups excluding carboxylic acids is 1. The van der Waals surface area contributed by atoms with Gasteiger partial charge in [-0.1, -0.05) is 0 Å². The second kappa shape index (κ2) is 7.61. The fraction of sp³-hybridized carbons (Fsp3) is 0.211. The predicted octanol–water partition coefficient (Wildman–Crippen LogP) is 3.86. The first-order valence-electron chi connectivity index (χ1n) is 7.98. The third-order valence-electron chi connectivity index (χ3n) is 3.96. The van der Waals surface area contributed by atoms with Crippen LogP contribution in [0, 0.1) is 0 Å². The average Bonchev–Trinajstić information content (AvgIpc) is 3.27. The molecule has 0 saturated carbocycles. The predicted molar refractivity (Wildman–Crippen MR) is 95.4 cm³/mol. The molecule has 0 bridgehead atoms. The highest BCUT2D eigenvalue weighted by atomic mass is 16.5. The Morgan fingerprint density at radius 3 is 2.56 bits per heavy atom. The minimum Gasteiger partial charge on any atom is -0.497 e. The Kier molecular flexibility index (Phi) is 5.09. The Labute approximate surface area is 146 Å². The maximum Gasteiger partial charge on any atom is 0.322 e. The largest absolute Gasteiger partial charge is 0.497 e. The first-order chi connectivity index (χ1) is 12.2. The van der Waals surface area contributed by atoms with Crippen LogP contribution in [0.25, 0.3) is 0 Å². The maximum absolute atomic E-state index is 12.8. The second-order valence-electron chi connectivity index (χ2n) is 5.70. The number of ether oxygens (including phenoxy) is 1. The maximum atomic E-state index is 12.8. The summed E-state index contributed by atoms with van der Waals surface area (Å²) < 4.78 is 12.5. The van der Waals surface area contributed by atoms with Gasteiger partial charge >= 0.3 is 6.03 Å². The van der Waals surface area contributed by atoms with Crippen LogP contribution in [0.5, 0.6) is 5.75 Å². The molecular formula is C19H21N3O3. The third-order valence-corrected chi connectivity index (χ3v) is 3.96. The number of anilines is 1. The van der Waals surface area contributed by atoms with Gasteiger partial charge < -0.3 is 23.9 Å². The smallest absolute Gasteiger partial charge is 0.322 e. The van der Waals surface area contributed by atoms with Crippen molar-refractivity contribution in [2.45, 2.75) is 13.1 Å². The minimum atomic E-state index is -0.192. The molecule has 1 aromatic carbocycles. The average molecular weight is 339 g/mol. The number of nitrogens with zero attached hydrogens (tertiary/aromatic N) is 2. The van der Waals surface area contributed by atoms with Crippen LogP contribution in [0.4, 0.5) is 10.5 Å². The summed E-state index contributed by atoms with van der Waals surface area (Å²) >= 11 is 0. The molecule has 0 unspecified atom stereocenters. The number of methoxy groups -OCH3 is 1. The molecular weight excluding hydrogens is 318 g/mol. The van der Waals surface area contributed by atoms with Crippen molar-refractivity contribution in [3.8, 4) is 5.75 Å². The van der Waals surface area contributed by atoms with E-state index < -0.39 is 0 Å². The number of hydrogen-bond donors (Lipinski definition) is 1. The Balaban J connectivity index is 1.74. The number of carbonyl (C=O) groups is 1. The van der Waals surface area contributed by atoms with Crippen LogP contribution in [0.15, 0.2) is 65.4 Å². The van der Waals surface area contributed by atoms with Gasteiger partial charge in [-0.25, -0.2) is 4.79 Å². The molecule has 2 amide bonds. The van der Waals surface area contributed by atoms with Crippen LogP contribution in [0.3, 0.4) is 0 Å². The van der Waals surface area contributed by atoms with Crippen LogP contribution >= 0.6 is 0 Å². The molecule has 0 fully saturated rings. The summed E-state index contributed by atoms with van der Waals surface area (Å²) in [5.41, 5.74) is 1.75. The van der Waals surface area contributed by atoms with Crippen LogP contribution in [0.2, 0.25) is 0 Å². The molecule has 3 aromatic rings. The third kappa shape index (κ3) is 4.23. The van der Waals surface area contributed by atoms with Gasteiger partial charge in [-0.3, -0.25) is 0 Å². The molecule has 25 heavy (non-hydrogen) atoms. The molecule has 0 aliphatic rings. The molecule has 0 radical (unpaired) electrons. The topological polar surface area (TPSA) is 59.6 Å². The highest BCUT2D eigenvalue weighted by Gasteiger charge is 2.17. The van der Waals surface area contributed by atoms with E-state index in [4.69, 9.17) is 9.15 Å². The van der Waals surface area contributed by atoms with Crippen molar-refractivity contribution in [1.82, 2.24) is 9.47 Å². The van der Waals surface area contributed by atoms with Gasteiger partial charge in [0, 0.05) is 24.6 Å². The number of furan rings is 1. The first-order valence-corrected chi connectivity index (χ1v) is 7.98. The fourth-order valence-electron chi connectivity index (χ4n) is 2.52. The zero-order valence-corrected chi connectivity index (χ0v) is 14.3. The number of amides is 2. The van der Waals surface area contributed by atoms with Crippen LogP contribution in [-0.4, -0.2) is 22.6 Å². The molecule has 2 aromatic heterocycles. The van der Waals surface area contributed by atoms with E-state index in [2.05, 4.69) is 5.32 Å². The highest BCUT2D eigenvalue weighted by molar-refractivity contribution is 5.89.